The predicted octanol–water partition coefficient (Wildman–Crippen LogP) is 4.73. The molecule has 1 unspecified atom stereocenters. The number of halogens is 1. The van der Waals surface area contributed by atoms with E-state index in [0.717, 1.165) is 16.8 Å². The van der Waals surface area contributed by atoms with Crippen molar-refractivity contribution in [3.05, 3.63) is 68.7 Å². The lowest BCUT2D eigenvalue weighted by Gasteiger charge is -2.16. The molecule has 0 amide bonds. The molecule has 0 spiro atoms. The fourth-order valence-electron chi connectivity index (χ4n) is 2.04. The van der Waals surface area contributed by atoms with Gasteiger partial charge in [-0.25, -0.2) is 0 Å². The van der Waals surface area contributed by atoms with Gasteiger partial charge in [-0.05, 0) is 43.2 Å². The Balaban J connectivity index is 2.21. The van der Waals surface area contributed by atoms with Crippen molar-refractivity contribution in [1.29, 1.82) is 0 Å². The summed E-state index contributed by atoms with van der Waals surface area (Å²) in [5.74, 6) is 0. The van der Waals surface area contributed by atoms with Crippen LogP contribution in [0.3, 0.4) is 0 Å². The first-order valence-corrected chi connectivity index (χ1v) is 6.61. The largest absolute Gasteiger partial charge is 0.378 e. The van der Waals surface area contributed by atoms with E-state index in [1.165, 1.54) is 0 Å². The van der Waals surface area contributed by atoms with E-state index in [9.17, 15) is 10.1 Å². The number of hydrogen-bond acceptors (Lipinski definition) is 3. The van der Waals surface area contributed by atoms with Crippen LogP contribution in [0.25, 0.3) is 0 Å². The number of nitrogens with zero attached hydrogens (tertiary/aromatic N) is 1. The number of nitro benzene ring substituents is 1. The molecule has 0 aromatic heterocycles. The molecule has 5 heteroatoms. The molecule has 2 rings (SSSR count). The van der Waals surface area contributed by atoms with Crippen LogP contribution in [0.1, 0.15) is 24.1 Å². The minimum atomic E-state index is -0.384. The molecule has 0 fully saturated rings. The molecular weight excluding hydrogens is 276 g/mol. The highest BCUT2D eigenvalue weighted by Crippen LogP contribution is 2.25. The Labute approximate surface area is 122 Å². The lowest BCUT2D eigenvalue weighted by atomic mass is 10.1. The van der Waals surface area contributed by atoms with E-state index in [4.69, 9.17) is 11.6 Å². The summed E-state index contributed by atoms with van der Waals surface area (Å²) >= 11 is 5.86. The van der Waals surface area contributed by atoms with E-state index in [1.807, 2.05) is 44.2 Å². The van der Waals surface area contributed by atoms with Crippen LogP contribution in [0.2, 0.25) is 5.02 Å². The second kappa shape index (κ2) is 5.92. The van der Waals surface area contributed by atoms with Gasteiger partial charge in [0.1, 0.15) is 0 Å². The quantitative estimate of drug-likeness (QED) is 0.654. The Bertz CT molecular complexity index is 626. The van der Waals surface area contributed by atoms with Crippen molar-refractivity contribution in [2.45, 2.75) is 19.9 Å². The van der Waals surface area contributed by atoms with Crippen molar-refractivity contribution in [2.24, 2.45) is 0 Å². The molecule has 0 aliphatic rings. The second-order valence-electron chi connectivity index (χ2n) is 4.73. The van der Waals surface area contributed by atoms with Gasteiger partial charge in [0.2, 0.25) is 0 Å². The first-order valence-electron chi connectivity index (χ1n) is 6.24. The molecule has 4 nitrogen and oxygen atoms in total. The molecule has 2 aromatic carbocycles. The normalized spacial score (nSPS) is 11.9. The standard InChI is InChI=1S/C15H15ClN2O2/c1-10-7-14(9-15(8-10)18(19)20)17-11(2)12-3-5-13(16)6-4-12/h3-9,11,17H,1-2H3. The molecule has 0 saturated carbocycles. The number of non-ortho nitro benzene ring substituents is 1. The molecule has 0 aliphatic heterocycles. The molecule has 0 bridgehead atoms. The van der Waals surface area contributed by atoms with Gasteiger partial charge in [-0.1, -0.05) is 23.7 Å². The summed E-state index contributed by atoms with van der Waals surface area (Å²) in [5.41, 5.74) is 2.75. The summed E-state index contributed by atoms with van der Waals surface area (Å²) in [6.45, 7) is 3.84. The van der Waals surface area contributed by atoms with E-state index in [1.54, 1.807) is 12.1 Å². The molecular formula is C15H15ClN2O2. The summed E-state index contributed by atoms with van der Waals surface area (Å²) in [6, 6.07) is 12.5. The Kier molecular flexibility index (Phi) is 4.25. The molecule has 104 valence electrons. The summed E-state index contributed by atoms with van der Waals surface area (Å²) in [7, 11) is 0. The number of aryl methyl sites for hydroxylation is 1. The highest BCUT2D eigenvalue weighted by atomic mass is 35.5. The molecule has 2 aromatic rings. The number of benzene rings is 2. The van der Waals surface area contributed by atoms with Gasteiger partial charge >= 0.3 is 0 Å². The monoisotopic (exact) mass is 290 g/mol. The van der Waals surface area contributed by atoms with Crippen LogP contribution in [0.4, 0.5) is 11.4 Å². The zero-order valence-corrected chi connectivity index (χ0v) is 12.0. The molecule has 0 radical (unpaired) electrons. The van der Waals surface area contributed by atoms with Crippen LogP contribution in [0.15, 0.2) is 42.5 Å². The molecule has 1 atom stereocenters. The molecule has 1 N–H and O–H groups in total. The van der Waals surface area contributed by atoms with E-state index in [2.05, 4.69) is 5.32 Å². The van der Waals surface area contributed by atoms with Crippen molar-refractivity contribution in [2.75, 3.05) is 5.32 Å². The topological polar surface area (TPSA) is 55.2 Å². The number of anilines is 1. The number of rotatable bonds is 4. The number of nitro groups is 1. The van der Waals surface area contributed by atoms with Gasteiger partial charge in [0, 0.05) is 28.9 Å². The third-order valence-corrected chi connectivity index (χ3v) is 3.28. The maximum atomic E-state index is 10.9. The second-order valence-corrected chi connectivity index (χ2v) is 5.17. The highest BCUT2D eigenvalue weighted by Gasteiger charge is 2.10. The summed E-state index contributed by atoms with van der Waals surface area (Å²) in [4.78, 5) is 10.5. The van der Waals surface area contributed by atoms with Crippen molar-refractivity contribution >= 4 is 23.0 Å². The van der Waals surface area contributed by atoms with Gasteiger partial charge in [-0.3, -0.25) is 10.1 Å². The fourth-order valence-corrected chi connectivity index (χ4v) is 2.16. The van der Waals surface area contributed by atoms with Crippen molar-refractivity contribution in [3.8, 4) is 0 Å². The maximum absolute atomic E-state index is 10.9. The Morgan fingerprint density at radius 3 is 2.45 bits per heavy atom. The van der Waals surface area contributed by atoms with E-state index < -0.39 is 0 Å². The maximum Gasteiger partial charge on any atom is 0.271 e. The van der Waals surface area contributed by atoms with Crippen LogP contribution in [-0.2, 0) is 0 Å². The van der Waals surface area contributed by atoms with Crippen LogP contribution in [0.5, 0.6) is 0 Å². The van der Waals surface area contributed by atoms with Crippen LogP contribution < -0.4 is 5.32 Å². The summed E-state index contributed by atoms with van der Waals surface area (Å²) in [5, 5.41) is 14.8. The van der Waals surface area contributed by atoms with E-state index in [-0.39, 0.29) is 16.7 Å². The molecule has 0 aliphatic carbocycles. The minimum absolute atomic E-state index is 0.0358. The average molecular weight is 291 g/mol. The minimum Gasteiger partial charge on any atom is -0.378 e. The van der Waals surface area contributed by atoms with E-state index in [0.29, 0.717) is 5.02 Å². The van der Waals surface area contributed by atoms with Gasteiger partial charge in [-0.15, -0.1) is 0 Å². The average Bonchev–Trinajstić information content (AvgIpc) is 2.38. The van der Waals surface area contributed by atoms with Crippen molar-refractivity contribution < 1.29 is 4.92 Å². The van der Waals surface area contributed by atoms with Gasteiger partial charge in [-0.2, -0.15) is 0 Å². The van der Waals surface area contributed by atoms with Gasteiger partial charge in [0.25, 0.3) is 5.69 Å². The SMILES string of the molecule is Cc1cc(NC(C)c2ccc(Cl)cc2)cc([N+](=O)[O-])c1. The van der Waals surface area contributed by atoms with Crippen molar-refractivity contribution in [1.82, 2.24) is 0 Å². The van der Waals surface area contributed by atoms with Gasteiger partial charge < -0.3 is 5.32 Å². The van der Waals surface area contributed by atoms with Crippen LogP contribution >= 0.6 is 11.6 Å². The number of nitrogens with one attached hydrogen (secondary N) is 1. The fraction of sp³-hybridized carbons (Fsp3) is 0.200. The Morgan fingerprint density at radius 1 is 1.20 bits per heavy atom. The number of hydrogen-bond donors (Lipinski definition) is 1. The highest BCUT2D eigenvalue weighted by molar-refractivity contribution is 6.30. The van der Waals surface area contributed by atoms with Gasteiger partial charge in [0.05, 0.1) is 4.92 Å². The Hall–Kier alpha value is -2.07. The molecule has 0 saturated heterocycles. The third kappa shape index (κ3) is 3.48. The lowest BCUT2D eigenvalue weighted by molar-refractivity contribution is -0.384. The zero-order valence-electron chi connectivity index (χ0n) is 11.3. The van der Waals surface area contributed by atoms with Crippen LogP contribution in [0, 0.1) is 17.0 Å². The van der Waals surface area contributed by atoms with Crippen LogP contribution in [-0.4, -0.2) is 4.92 Å². The summed E-state index contributed by atoms with van der Waals surface area (Å²) < 4.78 is 0. The van der Waals surface area contributed by atoms with E-state index >= 15 is 0 Å². The van der Waals surface area contributed by atoms with Gasteiger partial charge in [0.15, 0.2) is 0 Å². The third-order valence-electron chi connectivity index (χ3n) is 3.03. The molecule has 20 heavy (non-hydrogen) atoms. The molecule has 0 heterocycles. The van der Waals surface area contributed by atoms with Crippen molar-refractivity contribution in [3.63, 3.8) is 0 Å². The summed E-state index contributed by atoms with van der Waals surface area (Å²) in [6.07, 6.45) is 0. The zero-order chi connectivity index (χ0) is 14.7. The first-order chi connectivity index (χ1) is 9.45. The lowest BCUT2D eigenvalue weighted by Crippen LogP contribution is -2.07. The smallest absolute Gasteiger partial charge is 0.271 e. The Morgan fingerprint density at radius 2 is 1.85 bits per heavy atom. The first kappa shape index (κ1) is 14.3. The predicted molar refractivity (Wildman–Crippen MR) is 81.3 cm³/mol.